The number of carbonyl (C=O) groups excluding carboxylic acids is 1. The van der Waals surface area contributed by atoms with Crippen LogP contribution in [-0.2, 0) is 4.79 Å². The lowest BCUT2D eigenvalue weighted by atomic mass is 10.1. The van der Waals surface area contributed by atoms with E-state index in [-0.39, 0.29) is 18.6 Å². The highest BCUT2D eigenvalue weighted by Crippen LogP contribution is 2.18. The van der Waals surface area contributed by atoms with E-state index in [1.165, 1.54) is 0 Å². The largest absolute Gasteiger partial charge is 0.396 e. The molecule has 17 heavy (non-hydrogen) atoms. The van der Waals surface area contributed by atoms with Gasteiger partial charge in [0.1, 0.15) is 0 Å². The van der Waals surface area contributed by atoms with Crippen LogP contribution in [-0.4, -0.2) is 47.7 Å². The molecule has 2 unspecified atom stereocenters. The van der Waals surface area contributed by atoms with Crippen molar-refractivity contribution in [3.8, 4) is 0 Å². The van der Waals surface area contributed by atoms with Crippen molar-refractivity contribution in [2.24, 2.45) is 5.92 Å². The van der Waals surface area contributed by atoms with Gasteiger partial charge < -0.3 is 10.4 Å². The number of nitrogens with one attached hydrogen (secondary N) is 1. The number of hydrogen-bond acceptors (Lipinski definition) is 3. The van der Waals surface area contributed by atoms with E-state index in [0.717, 1.165) is 32.4 Å². The Hall–Kier alpha value is -0.610. The molecule has 0 bridgehead atoms. The molecule has 1 amide bonds. The fourth-order valence-electron chi connectivity index (χ4n) is 2.34. The SMILES string of the molecule is CCC(CC)NC(=O)C(C)N1CCC(CO)C1. The molecule has 100 valence electrons. The van der Waals surface area contributed by atoms with E-state index in [4.69, 9.17) is 5.11 Å². The van der Waals surface area contributed by atoms with Crippen molar-refractivity contribution >= 4 is 5.91 Å². The van der Waals surface area contributed by atoms with Gasteiger partial charge in [0.2, 0.25) is 5.91 Å². The molecular weight excluding hydrogens is 216 g/mol. The van der Waals surface area contributed by atoms with Gasteiger partial charge in [-0.05, 0) is 38.6 Å². The van der Waals surface area contributed by atoms with E-state index in [2.05, 4.69) is 24.1 Å². The van der Waals surface area contributed by atoms with Crippen molar-refractivity contribution < 1.29 is 9.90 Å². The van der Waals surface area contributed by atoms with Crippen LogP contribution in [0.2, 0.25) is 0 Å². The average molecular weight is 242 g/mol. The van der Waals surface area contributed by atoms with Gasteiger partial charge in [-0.3, -0.25) is 9.69 Å². The van der Waals surface area contributed by atoms with Crippen LogP contribution in [0.1, 0.15) is 40.0 Å². The third kappa shape index (κ3) is 3.96. The fourth-order valence-corrected chi connectivity index (χ4v) is 2.34. The van der Waals surface area contributed by atoms with Crippen molar-refractivity contribution in [3.63, 3.8) is 0 Å². The maximum Gasteiger partial charge on any atom is 0.237 e. The van der Waals surface area contributed by atoms with Crippen molar-refractivity contribution in [2.75, 3.05) is 19.7 Å². The van der Waals surface area contributed by atoms with E-state index in [9.17, 15) is 4.79 Å². The fraction of sp³-hybridized carbons (Fsp3) is 0.923. The molecule has 1 aliphatic heterocycles. The summed E-state index contributed by atoms with van der Waals surface area (Å²) in [5.74, 6) is 0.468. The van der Waals surface area contributed by atoms with E-state index in [0.29, 0.717) is 12.0 Å². The molecule has 0 aromatic heterocycles. The van der Waals surface area contributed by atoms with E-state index >= 15 is 0 Å². The summed E-state index contributed by atoms with van der Waals surface area (Å²) in [5.41, 5.74) is 0. The highest BCUT2D eigenvalue weighted by Gasteiger charge is 2.29. The van der Waals surface area contributed by atoms with Gasteiger partial charge in [-0.1, -0.05) is 13.8 Å². The Bertz CT molecular complexity index is 242. The molecule has 0 spiro atoms. The molecule has 0 radical (unpaired) electrons. The summed E-state index contributed by atoms with van der Waals surface area (Å²) in [7, 11) is 0. The zero-order valence-electron chi connectivity index (χ0n) is 11.3. The molecule has 0 saturated carbocycles. The Morgan fingerprint density at radius 1 is 1.47 bits per heavy atom. The van der Waals surface area contributed by atoms with E-state index in [1.807, 2.05) is 6.92 Å². The molecule has 2 N–H and O–H groups in total. The van der Waals surface area contributed by atoms with Gasteiger partial charge in [-0.2, -0.15) is 0 Å². The minimum atomic E-state index is -0.0767. The van der Waals surface area contributed by atoms with Crippen LogP contribution < -0.4 is 5.32 Å². The molecule has 0 aromatic rings. The van der Waals surface area contributed by atoms with Gasteiger partial charge in [0.25, 0.3) is 0 Å². The highest BCUT2D eigenvalue weighted by atomic mass is 16.3. The number of amides is 1. The predicted molar refractivity (Wildman–Crippen MR) is 68.7 cm³/mol. The second-order valence-corrected chi connectivity index (χ2v) is 5.03. The van der Waals surface area contributed by atoms with Gasteiger partial charge in [0.15, 0.2) is 0 Å². The Kier molecular flexibility index (Phi) is 5.92. The lowest BCUT2D eigenvalue weighted by Crippen LogP contribution is -2.47. The summed E-state index contributed by atoms with van der Waals surface area (Å²) in [5, 5.41) is 12.2. The second-order valence-electron chi connectivity index (χ2n) is 5.03. The normalized spacial score (nSPS) is 23.0. The first-order valence-electron chi connectivity index (χ1n) is 6.77. The van der Waals surface area contributed by atoms with Gasteiger partial charge >= 0.3 is 0 Å². The average Bonchev–Trinajstić information content (AvgIpc) is 2.83. The quantitative estimate of drug-likeness (QED) is 0.730. The third-order valence-corrected chi connectivity index (χ3v) is 3.83. The Balaban J connectivity index is 2.41. The molecule has 1 rings (SSSR count). The van der Waals surface area contributed by atoms with Crippen LogP contribution in [0.25, 0.3) is 0 Å². The molecule has 1 saturated heterocycles. The Labute approximate surface area is 104 Å². The first kappa shape index (κ1) is 14.5. The van der Waals surface area contributed by atoms with Crippen molar-refractivity contribution in [1.29, 1.82) is 0 Å². The Morgan fingerprint density at radius 2 is 2.12 bits per heavy atom. The van der Waals surface area contributed by atoms with Crippen LogP contribution in [0.3, 0.4) is 0 Å². The van der Waals surface area contributed by atoms with Gasteiger partial charge in [0, 0.05) is 19.2 Å². The summed E-state index contributed by atoms with van der Waals surface area (Å²) in [6.07, 6.45) is 2.96. The first-order valence-corrected chi connectivity index (χ1v) is 6.77. The highest BCUT2D eigenvalue weighted by molar-refractivity contribution is 5.81. The lowest BCUT2D eigenvalue weighted by molar-refractivity contribution is -0.126. The summed E-state index contributed by atoms with van der Waals surface area (Å²) in [4.78, 5) is 14.2. The number of nitrogens with zero attached hydrogens (tertiary/aromatic N) is 1. The molecule has 2 atom stereocenters. The zero-order valence-corrected chi connectivity index (χ0v) is 11.3. The number of aliphatic hydroxyl groups excluding tert-OH is 1. The van der Waals surface area contributed by atoms with Crippen molar-refractivity contribution in [3.05, 3.63) is 0 Å². The van der Waals surface area contributed by atoms with E-state index in [1.54, 1.807) is 0 Å². The van der Waals surface area contributed by atoms with Gasteiger partial charge in [-0.15, -0.1) is 0 Å². The molecule has 4 heteroatoms. The minimum absolute atomic E-state index is 0.0767. The summed E-state index contributed by atoms with van der Waals surface area (Å²) in [6, 6.07) is 0.216. The molecule has 1 heterocycles. The molecule has 0 aromatic carbocycles. The molecule has 0 aliphatic carbocycles. The first-order chi connectivity index (χ1) is 8.12. The summed E-state index contributed by atoms with van der Waals surface area (Å²) >= 11 is 0. The molecule has 1 fully saturated rings. The van der Waals surface area contributed by atoms with Crippen LogP contribution in [0.15, 0.2) is 0 Å². The predicted octanol–water partition coefficient (Wildman–Crippen LogP) is 0.994. The number of carbonyl (C=O) groups is 1. The zero-order chi connectivity index (χ0) is 12.8. The summed E-state index contributed by atoms with van der Waals surface area (Å²) < 4.78 is 0. The van der Waals surface area contributed by atoms with Gasteiger partial charge in [0.05, 0.1) is 6.04 Å². The third-order valence-electron chi connectivity index (χ3n) is 3.83. The van der Waals surface area contributed by atoms with Crippen molar-refractivity contribution in [1.82, 2.24) is 10.2 Å². The van der Waals surface area contributed by atoms with Crippen LogP contribution in [0.4, 0.5) is 0 Å². The topological polar surface area (TPSA) is 52.6 Å². The number of rotatable bonds is 6. The smallest absolute Gasteiger partial charge is 0.237 e. The molecule has 1 aliphatic rings. The molecular formula is C13H26N2O2. The molecule has 4 nitrogen and oxygen atoms in total. The number of likely N-dealkylation sites (tertiary alicyclic amines) is 1. The van der Waals surface area contributed by atoms with Crippen LogP contribution >= 0.6 is 0 Å². The maximum absolute atomic E-state index is 12.0. The van der Waals surface area contributed by atoms with Gasteiger partial charge in [-0.25, -0.2) is 0 Å². The monoisotopic (exact) mass is 242 g/mol. The minimum Gasteiger partial charge on any atom is -0.396 e. The Morgan fingerprint density at radius 3 is 2.59 bits per heavy atom. The van der Waals surface area contributed by atoms with Crippen LogP contribution in [0, 0.1) is 5.92 Å². The lowest BCUT2D eigenvalue weighted by Gasteiger charge is -2.25. The van der Waals surface area contributed by atoms with Crippen molar-refractivity contribution in [2.45, 2.75) is 52.1 Å². The van der Waals surface area contributed by atoms with Crippen LogP contribution in [0.5, 0.6) is 0 Å². The second kappa shape index (κ2) is 6.97. The number of hydrogen-bond donors (Lipinski definition) is 2. The maximum atomic E-state index is 12.0. The summed E-state index contributed by atoms with van der Waals surface area (Å²) in [6.45, 7) is 8.14. The number of aliphatic hydroxyl groups is 1. The van der Waals surface area contributed by atoms with E-state index < -0.39 is 0 Å². The standard InChI is InChI=1S/C13H26N2O2/c1-4-12(5-2)14-13(17)10(3)15-7-6-11(8-15)9-16/h10-12,16H,4-9H2,1-3H3,(H,14,17).